The van der Waals surface area contributed by atoms with Gasteiger partial charge in [0.1, 0.15) is 0 Å². The van der Waals surface area contributed by atoms with Gasteiger partial charge >= 0.3 is 0 Å². The SMILES string of the molecule is CCC(CC)c1ccncc1C. The van der Waals surface area contributed by atoms with E-state index in [4.69, 9.17) is 0 Å². The van der Waals surface area contributed by atoms with Crippen LogP contribution in [0.3, 0.4) is 0 Å². The van der Waals surface area contributed by atoms with Crippen LogP contribution < -0.4 is 0 Å². The Morgan fingerprint density at radius 2 is 2.00 bits per heavy atom. The summed E-state index contributed by atoms with van der Waals surface area (Å²) in [6, 6.07) is 2.15. The fraction of sp³-hybridized carbons (Fsp3) is 0.545. The van der Waals surface area contributed by atoms with Crippen molar-refractivity contribution >= 4 is 0 Å². The fourth-order valence-corrected chi connectivity index (χ4v) is 1.67. The van der Waals surface area contributed by atoms with Crippen LogP contribution in [-0.4, -0.2) is 4.98 Å². The highest BCUT2D eigenvalue weighted by atomic mass is 14.6. The highest BCUT2D eigenvalue weighted by Crippen LogP contribution is 2.24. The van der Waals surface area contributed by atoms with Gasteiger partial charge in [-0.05, 0) is 42.9 Å². The molecule has 0 radical (unpaired) electrons. The lowest BCUT2D eigenvalue weighted by atomic mass is 9.92. The number of nitrogens with zero attached hydrogens (tertiary/aromatic N) is 1. The number of aromatic nitrogens is 1. The van der Waals surface area contributed by atoms with Crippen molar-refractivity contribution in [1.29, 1.82) is 0 Å². The summed E-state index contributed by atoms with van der Waals surface area (Å²) in [6.07, 6.45) is 6.29. The van der Waals surface area contributed by atoms with Crippen LogP contribution in [0.25, 0.3) is 0 Å². The third kappa shape index (κ3) is 1.84. The van der Waals surface area contributed by atoms with Crippen molar-refractivity contribution in [1.82, 2.24) is 4.98 Å². The summed E-state index contributed by atoms with van der Waals surface area (Å²) in [5.41, 5.74) is 2.79. The van der Waals surface area contributed by atoms with Crippen LogP contribution in [0.2, 0.25) is 0 Å². The van der Waals surface area contributed by atoms with Crippen molar-refractivity contribution in [3.8, 4) is 0 Å². The maximum absolute atomic E-state index is 4.10. The average Bonchev–Trinajstić information content (AvgIpc) is 2.10. The molecule has 12 heavy (non-hydrogen) atoms. The standard InChI is InChI=1S/C11H17N/c1-4-10(5-2)11-6-7-12-8-9(11)3/h6-8,10H,4-5H2,1-3H3. The maximum atomic E-state index is 4.10. The van der Waals surface area contributed by atoms with E-state index in [9.17, 15) is 0 Å². The molecule has 0 aliphatic rings. The predicted octanol–water partition coefficient (Wildman–Crippen LogP) is 3.29. The minimum absolute atomic E-state index is 0.716. The summed E-state index contributed by atoms with van der Waals surface area (Å²) >= 11 is 0. The summed E-state index contributed by atoms with van der Waals surface area (Å²) in [7, 11) is 0. The Kier molecular flexibility index (Phi) is 3.27. The van der Waals surface area contributed by atoms with Crippen LogP contribution in [0, 0.1) is 6.92 Å². The Balaban J connectivity index is 2.92. The summed E-state index contributed by atoms with van der Waals surface area (Å²) in [4.78, 5) is 4.10. The number of hydrogen-bond donors (Lipinski definition) is 0. The molecular formula is C11H17N. The predicted molar refractivity (Wildman–Crippen MR) is 52.3 cm³/mol. The Hall–Kier alpha value is -0.850. The molecule has 1 aromatic heterocycles. The molecule has 1 rings (SSSR count). The normalized spacial score (nSPS) is 10.7. The second kappa shape index (κ2) is 4.24. The van der Waals surface area contributed by atoms with E-state index in [1.54, 1.807) is 0 Å². The molecule has 1 aromatic rings. The summed E-state index contributed by atoms with van der Waals surface area (Å²) in [5.74, 6) is 0.716. The molecule has 0 aliphatic heterocycles. The van der Waals surface area contributed by atoms with Gasteiger partial charge in [-0.1, -0.05) is 13.8 Å². The van der Waals surface area contributed by atoms with Gasteiger partial charge in [0.05, 0.1) is 0 Å². The minimum atomic E-state index is 0.716. The Bertz CT molecular complexity index is 239. The van der Waals surface area contributed by atoms with Crippen LogP contribution >= 0.6 is 0 Å². The van der Waals surface area contributed by atoms with Crippen molar-refractivity contribution in [3.05, 3.63) is 29.6 Å². The maximum Gasteiger partial charge on any atom is 0.0299 e. The molecule has 0 saturated carbocycles. The molecule has 0 fully saturated rings. The second-order valence-corrected chi connectivity index (χ2v) is 3.25. The number of rotatable bonds is 3. The van der Waals surface area contributed by atoms with E-state index in [1.165, 1.54) is 24.0 Å². The third-order valence-electron chi connectivity index (χ3n) is 2.49. The molecule has 0 aliphatic carbocycles. The molecule has 0 aromatic carbocycles. The largest absolute Gasteiger partial charge is 0.264 e. The molecule has 0 unspecified atom stereocenters. The fourth-order valence-electron chi connectivity index (χ4n) is 1.67. The average molecular weight is 163 g/mol. The zero-order valence-corrected chi connectivity index (χ0v) is 8.17. The summed E-state index contributed by atoms with van der Waals surface area (Å²) < 4.78 is 0. The molecule has 66 valence electrons. The number of aryl methyl sites for hydroxylation is 1. The number of hydrogen-bond acceptors (Lipinski definition) is 1. The third-order valence-corrected chi connectivity index (χ3v) is 2.49. The molecule has 0 atom stereocenters. The van der Waals surface area contributed by atoms with Gasteiger partial charge < -0.3 is 0 Å². The van der Waals surface area contributed by atoms with Gasteiger partial charge in [0.15, 0.2) is 0 Å². The first-order valence-corrected chi connectivity index (χ1v) is 4.70. The van der Waals surface area contributed by atoms with Crippen molar-refractivity contribution < 1.29 is 0 Å². The molecular weight excluding hydrogens is 146 g/mol. The van der Waals surface area contributed by atoms with Crippen LogP contribution in [-0.2, 0) is 0 Å². The van der Waals surface area contributed by atoms with E-state index in [-0.39, 0.29) is 0 Å². The minimum Gasteiger partial charge on any atom is -0.264 e. The zero-order valence-electron chi connectivity index (χ0n) is 8.17. The topological polar surface area (TPSA) is 12.9 Å². The van der Waals surface area contributed by atoms with Crippen LogP contribution in [0.4, 0.5) is 0 Å². The first kappa shape index (κ1) is 9.24. The van der Waals surface area contributed by atoms with E-state index >= 15 is 0 Å². The first-order chi connectivity index (χ1) is 5.79. The molecule has 0 N–H and O–H groups in total. The Labute approximate surface area is 74.8 Å². The van der Waals surface area contributed by atoms with Crippen LogP contribution in [0.15, 0.2) is 18.5 Å². The lowest BCUT2D eigenvalue weighted by molar-refractivity contribution is 0.637. The van der Waals surface area contributed by atoms with Gasteiger partial charge in [-0.15, -0.1) is 0 Å². The van der Waals surface area contributed by atoms with E-state index in [1.807, 2.05) is 12.4 Å². The van der Waals surface area contributed by atoms with Gasteiger partial charge in [-0.2, -0.15) is 0 Å². The second-order valence-electron chi connectivity index (χ2n) is 3.25. The lowest BCUT2D eigenvalue weighted by Crippen LogP contribution is -1.98. The van der Waals surface area contributed by atoms with Crippen molar-refractivity contribution in [2.75, 3.05) is 0 Å². The van der Waals surface area contributed by atoms with Gasteiger partial charge in [-0.25, -0.2) is 0 Å². The van der Waals surface area contributed by atoms with Gasteiger partial charge in [0.25, 0.3) is 0 Å². The van der Waals surface area contributed by atoms with Gasteiger partial charge in [0, 0.05) is 12.4 Å². The molecule has 1 heterocycles. The molecule has 0 spiro atoms. The summed E-state index contributed by atoms with van der Waals surface area (Å²) in [6.45, 7) is 6.63. The number of pyridine rings is 1. The van der Waals surface area contributed by atoms with E-state index < -0.39 is 0 Å². The highest BCUT2D eigenvalue weighted by Gasteiger charge is 2.08. The lowest BCUT2D eigenvalue weighted by Gasteiger charge is -2.14. The zero-order chi connectivity index (χ0) is 8.97. The Morgan fingerprint density at radius 3 is 2.50 bits per heavy atom. The van der Waals surface area contributed by atoms with Gasteiger partial charge in [-0.3, -0.25) is 4.98 Å². The van der Waals surface area contributed by atoms with E-state index in [2.05, 4.69) is 31.8 Å². The highest BCUT2D eigenvalue weighted by molar-refractivity contribution is 5.25. The van der Waals surface area contributed by atoms with Crippen molar-refractivity contribution in [2.24, 2.45) is 0 Å². The van der Waals surface area contributed by atoms with Crippen molar-refractivity contribution in [2.45, 2.75) is 39.5 Å². The van der Waals surface area contributed by atoms with Crippen LogP contribution in [0.1, 0.15) is 43.7 Å². The molecule has 1 heteroatoms. The van der Waals surface area contributed by atoms with E-state index in [0.717, 1.165) is 0 Å². The summed E-state index contributed by atoms with van der Waals surface area (Å²) in [5, 5.41) is 0. The van der Waals surface area contributed by atoms with Crippen LogP contribution in [0.5, 0.6) is 0 Å². The molecule has 0 amide bonds. The molecule has 0 bridgehead atoms. The molecule has 0 saturated heterocycles. The monoisotopic (exact) mass is 163 g/mol. The van der Waals surface area contributed by atoms with E-state index in [0.29, 0.717) is 5.92 Å². The van der Waals surface area contributed by atoms with Crippen molar-refractivity contribution in [3.63, 3.8) is 0 Å². The van der Waals surface area contributed by atoms with Gasteiger partial charge in [0.2, 0.25) is 0 Å². The molecule has 1 nitrogen and oxygen atoms in total. The first-order valence-electron chi connectivity index (χ1n) is 4.70. The Morgan fingerprint density at radius 1 is 1.33 bits per heavy atom. The quantitative estimate of drug-likeness (QED) is 0.666. The smallest absolute Gasteiger partial charge is 0.0299 e.